The number of urea groups is 1. The molecule has 2 rings (SSSR count). The Kier molecular flexibility index (Phi) is 4.55. The number of rotatable bonds is 3. The second-order valence-electron chi connectivity index (χ2n) is 4.43. The van der Waals surface area contributed by atoms with Gasteiger partial charge in [-0.05, 0) is 30.2 Å². The highest BCUT2D eigenvalue weighted by Gasteiger charge is 2.13. The summed E-state index contributed by atoms with van der Waals surface area (Å²) < 4.78 is 0. The molecule has 2 N–H and O–H groups in total. The zero-order valence-electron chi connectivity index (χ0n) is 11.0. The summed E-state index contributed by atoms with van der Waals surface area (Å²) in [5.41, 5.74) is 1.38. The van der Waals surface area contributed by atoms with E-state index in [4.69, 9.17) is 5.11 Å². The number of hydrogen-bond acceptors (Lipinski definition) is 2. The van der Waals surface area contributed by atoms with E-state index in [0.717, 1.165) is 18.1 Å². The van der Waals surface area contributed by atoms with Crippen LogP contribution in [0.1, 0.15) is 12.0 Å². The van der Waals surface area contributed by atoms with E-state index in [2.05, 4.69) is 11.4 Å². The van der Waals surface area contributed by atoms with Gasteiger partial charge in [0.2, 0.25) is 0 Å². The smallest absolute Gasteiger partial charge is 0.328 e. The molecule has 0 aliphatic carbocycles. The van der Waals surface area contributed by atoms with Crippen LogP contribution in [-0.2, 0) is 4.79 Å². The molecule has 0 atom stereocenters. The molecule has 20 heavy (non-hydrogen) atoms. The van der Waals surface area contributed by atoms with E-state index in [-0.39, 0.29) is 6.03 Å². The number of carbonyl (C=O) groups excluding carboxylic acids is 1. The van der Waals surface area contributed by atoms with Gasteiger partial charge in [-0.25, -0.2) is 9.59 Å². The molecule has 0 unspecified atom stereocenters. The van der Waals surface area contributed by atoms with E-state index in [0.29, 0.717) is 18.8 Å². The summed E-state index contributed by atoms with van der Waals surface area (Å²) in [5.74, 6) is -1.00. The van der Waals surface area contributed by atoms with Crippen molar-refractivity contribution in [1.29, 1.82) is 0 Å². The average Bonchev–Trinajstić information content (AvgIpc) is 2.46. The number of benzene rings is 1. The van der Waals surface area contributed by atoms with Gasteiger partial charge in [-0.1, -0.05) is 24.3 Å². The van der Waals surface area contributed by atoms with Crippen LogP contribution in [0.15, 0.2) is 42.5 Å². The lowest BCUT2D eigenvalue weighted by atomic mass is 10.2. The third kappa shape index (κ3) is 3.98. The predicted octanol–water partition coefficient (Wildman–Crippen LogP) is 2.58. The van der Waals surface area contributed by atoms with Crippen molar-refractivity contribution in [3.8, 4) is 0 Å². The van der Waals surface area contributed by atoms with Crippen molar-refractivity contribution in [3.05, 3.63) is 48.1 Å². The summed E-state index contributed by atoms with van der Waals surface area (Å²) in [6, 6.07) is 6.91. The third-order valence-corrected chi connectivity index (χ3v) is 2.90. The first-order chi connectivity index (χ1) is 9.65. The van der Waals surface area contributed by atoms with Crippen molar-refractivity contribution in [3.63, 3.8) is 0 Å². The van der Waals surface area contributed by atoms with Gasteiger partial charge >= 0.3 is 12.0 Å². The number of anilines is 1. The molecule has 5 heteroatoms. The van der Waals surface area contributed by atoms with Crippen LogP contribution in [-0.4, -0.2) is 35.1 Å². The molecule has 1 aromatic carbocycles. The van der Waals surface area contributed by atoms with Crippen LogP contribution in [0, 0.1) is 0 Å². The number of carboxylic acids is 1. The SMILES string of the molecule is O=C(O)/C=C/c1cccc(NC(=O)N2CC=CCC2)c1. The number of carboxylic acid groups (broad SMARTS) is 1. The largest absolute Gasteiger partial charge is 0.478 e. The number of hydrogen-bond donors (Lipinski definition) is 2. The number of amides is 2. The summed E-state index contributed by atoms with van der Waals surface area (Å²) in [6.45, 7) is 1.32. The Morgan fingerprint density at radius 2 is 2.15 bits per heavy atom. The lowest BCUT2D eigenvalue weighted by Crippen LogP contribution is -2.37. The fourth-order valence-electron chi connectivity index (χ4n) is 1.92. The van der Waals surface area contributed by atoms with Crippen molar-refractivity contribution in [2.45, 2.75) is 6.42 Å². The van der Waals surface area contributed by atoms with Crippen molar-refractivity contribution in [1.82, 2.24) is 4.90 Å². The molecule has 0 bridgehead atoms. The monoisotopic (exact) mass is 272 g/mol. The molecule has 104 valence electrons. The minimum Gasteiger partial charge on any atom is -0.478 e. The normalized spacial score (nSPS) is 14.5. The molecule has 0 saturated heterocycles. The Morgan fingerprint density at radius 3 is 2.85 bits per heavy atom. The molecule has 1 heterocycles. The Labute approximate surface area is 117 Å². The second kappa shape index (κ2) is 6.56. The molecule has 5 nitrogen and oxygen atoms in total. The minimum atomic E-state index is -1.00. The maximum absolute atomic E-state index is 12.0. The summed E-state index contributed by atoms with van der Waals surface area (Å²) in [4.78, 5) is 24.2. The van der Waals surface area contributed by atoms with E-state index in [9.17, 15) is 9.59 Å². The van der Waals surface area contributed by atoms with Gasteiger partial charge in [0.15, 0.2) is 0 Å². The van der Waals surface area contributed by atoms with Crippen LogP contribution in [0.5, 0.6) is 0 Å². The first kappa shape index (κ1) is 13.9. The van der Waals surface area contributed by atoms with E-state index < -0.39 is 5.97 Å². The topological polar surface area (TPSA) is 69.6 Å². The van der Waals surface area contributed by atoms with Crippen molar-refractivity contribution in [2.24, 2.45) is 0 Å². The van der Waals surface area contributed by atoms with E-state index in [1.807, 2.05) is 6.08 Å². The van der Waals surface area contributed by atoms with Gasteiger partial charge in [0.1, 0.15) is 0 Å². The van der Waals surface area contributed by atoms with Gasteiger partial charge < -0.3 is 15.3 Å². The van der Waals surface area contributed by atoms with E-state index in [1.165, 1.54) is 6.08 Å². The highest BCUT2D eigenvalue weighted by Crippen LogP contribution is 2.13. The maximum atomic E-state index is 12.0. The molecule has 1 aromatic rings. The van der Waals surface area contributed by atoms with E-state index >= 15 is 0 Å². The van der Waals surface area contributed by atoms with Crippen LogP contribution in [0.4, 0.5) is 10.5 Å². The van der Waals surface area contributed by atoms with E-state index in [1.54, 1.807) is 29.2 Å². The highest BCUT2D eigenvalue weighted by atomic mass is 16.4. The molecular weight excluding hydrogens is 256 g/mol. The van der Waals surface area contributed by atoms with Gasteiger partial charge in [-0.3, -0.25) is 0 Å². The van der Waals surface area contributed by atoms with Gasteiger partial charge in [0, 0.05) is 24.9 Å². The lowest BCUT2D eigenvalue weighted by molar-refractivity contribution is -0.131. The zero-order valence-corrected chi connectivity index (χ0v) is 11.0. The van der Waals surface area contributed by atoms with Gasteiger partial charge in [-0.2, -0.15) is 0 Å². The highest BCUT2D eigenvalue weighted by molar-refractivity contribution is 5.90. The van der Waals surface area contributed by atoms with Crippen LogP contribution < -0.4 is 5.32 Å². The summed E-state index contributed by atoms with van der Waals surface area (Å²) in [5, 5.41) is 11.4. The molecule has 1 aliphatic rings. The molecule has 0 saturated carbocycles. The molecular formula is C15H16N2O3. The summed E-state index contributed by atoms with van der Waals surface area (Å²) in [7, 11) is 0. The molecule has 1 aliphatic heterocycles. The van der Waals surface area contributed by atoms with Crippen molar-refractivity contribution < 1.29 is 14.7 Å². The van der Waals surface area contributed by atoms with Crippen molar-refractivity contribution in [2.75, 3.05) is 18.4 Å². The number of nitrogens with zero attached hydrogens (tertiary/aromatic N) is 1. The Hall–Kier alpha value is -2.56. The first-order valence-corrected chi connectivity index (χ1v) is 6.37. The van der Waals surface area contributed by atoms with Gasteiger partial charge in [0.05, 0.1) is 0 Å². The number of aliphatic carboxylic acids is 1. The summed E-state index contributed by atoms with van der Waals surface area (Å²) in [6.07, 6.45) is 7.45. The van der Waals surface area contributed by atoms with Gasteiger partial charge in [0.25, 0.3) is 0 Å². The Morgan fingerprint density at radius 1 is 1.30 bits per heavy atom. The van der Waals surface area contributed by atoms with Crippen LogP contribution in [0.25, 0.3) is 6.08 Å². The third-order valence-electron chi connectivity index (χ3n) is 2.90. The Balaban J connectivity index is 2.02. The van der Waals surface area contributed by atoms with Crippen LogP contribution in [0.3, 0.4) is 0 Å². The summed E-state index contributed by atoms with van der Waals surface area (Å²) >= 11 is 0. The van der Waals surface area contributed by atoms with Crippen molar-refractivity contribution >= 4 is 23.8 Å². The quantitative estimate of drug-likeness (QED) is 0.656. The predicted molar refractivity (Wildman–Crippen MR) is 77.5 cm³/mol. The standard InChI is InChI=1S/C15H16N2O3/c18-14(19)8-7-12-5-4-6-13(11-12)16-15(20)17-9-2-1-3-10-17/h1-2,4-8,11H,3,9-10H2,(H,16,20)(H,18,19)/b8-7+. The molecule has 0 fully saturated rings. The molecule has 2 amide bonds. The lowest BCUT2D eigenvalue weighted by Gasteiger charge is -2.23. The second-order valence-corrected chi connectivity index (χ2v) is 4.43. The average molecular weight is 272 g/mol. The zero-order chi connectivity index (χ0) is 14.4. The minimum absolute atomic E-state index is 0.145. The fraction of sp³-hybridized carbons (Fsp3) is 0.200. The number of carbonyl (C=O) groups is 2. The van der Waals surface area contributed by atoms with Crippen LogP contribution >= 0.6 is 0 Å². The number of nitrogens with one attached hydrogen (secondary N) is 1. The van der Waals surface area contributed by atoms with Crippen LogP contribution in [0.2, 0.25) is 0 Å². The Bertz CT molecular complexity index is 564. The fourth-order valence-corrected chi connectivity index (χ4v) is 1.92. The van der Waals surface area contributed by atoms with Gasteiger partial charge in [-0.15, -0.1) is 0 Å². The maximum Gasteiger partial charge on any atom is 0.328 e. The molecule has 0 radical (unpaired) electrons. The first-order valence-electron chi connectivity index (χ1n) is 6.37. The molecule has 0 aromatic heterocycles. The molecule has 0 spiro atoms.